The molecule has 16 nitrogen and oxygen atoms in total. The predicted molar refractivity (Wildman–Crippen MR) is 530 cm³/mol. The van der Waals surface area contributed by atoms with Gasteiger partial charge in [0.2, 0.25) is 0 Å². The zero-order valence-electron chi connectivity index (χ0n) is 74.7. The summed E-state index contributed by atoms with van der Waals surface area (Å²) in [4.78, 5) is 15.2. The van der Waals surface area contributed by atoms with E-state index in [0.717, 1.165) is 77.5 Å². The lowest BCUT2D eigenvalue weighted by Crippen LogP contribution is -2.13. The number of phosphoric ester groups is 1. The summed E-state index contributed by atoms with van der Waals surface area (Å²) in [5.41, 5.74) is 13.2. The molecule has 0 aromatic heterocycles. The Kier molecular flexibility index (Phi) is 28.4. The van der Waals surface area contributed by atoms with Gasteiger partial charge in [0.1, 0.15) is 148 Å². The molecule has 674 valence electrons. The Labute approximate surface area is 795 Å². The average molecular weight is 1820 g/mol. The summed E-state index contributed by atoms with van der Waals surface area (Å²) in [6.07, 6.45) is 0. The molecule has 137 heavy (non-hydrogen) atoms. The second-order valence-corrected chi connectivity index (χ2v) is 34.1. The van der Waals surface area contributed by atoms with Crippen LogP contribution in [0.3, 0.4) is 0 Å². The minimum Gasteiger partial charge on any atom is -0.736 e. The summed E-state index contributed by atoms with van der Waals surface area (Å²) in [5, 5.41) is 2.77. The van der Waals surface area contributed by atoms with Crippen LogP contribution in [0.15, 0.2) is 413 Å². The molecule has 18 aromatic carbocycles. The quantitative estimate of drug-likeness (QED) is 0.0268. The summed E-state index contributed by atoms with van der Waals surface area (Å²) >= 11 is 0. The maximum Gasteiger partial charge on any atom is 0.372 e. The molecule has 0 saturated carbocycles. The first-order valence-corrected chi connectivity index (χ1v) is 46.5. The van der Waals surface area contributed by atoms with Gasteiger partial charge in [0.25, 0.3) is 0 Å². The van der Waals surface area contributed by atoms with Gasteiger partial charge in [-0.2, -0.15) is 0 Å². The van der Waals surface area contributed by atoms with E-state index >= 15 is 9.46 Å². The number of ether oxygens (including phenoxy) is 12. The maximum atomic E-state index is 15.2. The number of phosphoric acid groups is 1. The molecule has 0 aliphatic carbocycles. The Balaban J connectivity index is 0.684. The van der Waals surface area contributed by atoms with Gasteiger partial charge < -0.3 is 70.8 Å². The van der Waals surface area contributed by atoms with E-state index in [1.807, 2.05) is 400 Å². The Bertz CT molecular complexity index is 6400. The highest BCUT2D eigenvalue weighted by Crippen LogP contribution is 2.58. The van der Waals surface area contributed by atoms with Crippen molar-refractivity contribution in [2.45, 2.75) is 79.3 Å². The smallest absolute Gasteiger partial charge is 0.372 e. The molecule has 1 heterocycles. The van der Waals surface area contributed by atoms with Gasteiger partial charge in [-0.05, 0) is 173 Å². The molecular formula is C120H92O16P-. The number of hydrogen-bond donors (Lipinski definition) is 0. The highest BCUT2D eigenvalue weighted by atomic mass is 31.2. The van der Waals surface area contributed by atoms with Crippen LogP contribution in [0, 0.1) is 23.7 Å². The van der Waals surface area contributed by atoms with Gasteiger partial charge in [-0.15, -0.1) is 0 Å². The standard InChI is InChI=1S/C120H93O16P/c121-137(122)135-119-101(51-49-93-53-103(131-81-95-57-107(123-73-85-29-9-1-10-30-85)69-108(58-95)124-74-86-31-11-2-12-32-86)67-104(54-93)132-82-96-59-109(125-75-87-33-13-3-14-34-87)70-110(60-96)126-76-88-35-15-4-16-36-88)65-99-45-25-27-47-115(99)117(119)118-116-48-28-26-46-100(116)66-102(120(118)136-137)52-50-94-55-105(133-83-97-61-111(127-77-89-37-17-5-18-38-89)71-112(62-97)128-78-90-39-19-6-20-40-90)68-106(56-94)134-84-98-63-113(129-79-91-41-21-7-22-42-91)72-114(64-98)130-80-92-43-23-8-24-44-92/h1-48,53-72H,73-84H2,(H,121,122)/p-1. The van der Waals surface area contributed by atoms with Crippen molar-refractivity contribution in [1.29, 1.82) is 0 Å². The fraction of sp³-hybridized carbons (Fsp3) is 0.100. The Morgan fingerprint density at radius 3 is 0.577 bits per heavy atom. The van der Waals surface area contributed by atoms with E-state index in [1.165, 1.54) is 0 Å². The van der Waals surface area contributed by atoms with E-state index in [4.69, 9.17) is 65.9 Å². The monoisotopic (exact) mass is 1820 g/mol. The summed E-state index contributed by atoms with van der Waals surface area (Å²) in [6, 6.07) is 133. The van der Waals surface area contributed by atoms with Crippen LogP contribution in [-0.4, -0.2) is 0 Å². The van der Waals surface area contributed by atoms with Crippen molar-refractivity contribution < 1.29 is 75.3 Å². The third kappa shape index (κ3) is 24.7. The Morgan fingerprint density at radius 1 is 0.197 bits per heavy atom. The zero-order valence-corrected chi connectivity index (χ0v) is 75.6. The van der Waals surface area contributed by atoms with Crippen molar-refractivity contribution >= 4 is 29.4 Å². The molecule has 0 saturated heterocycles. The molecule has 0 spiro atoms. The average Bonchev–Trinajstić information content (AvgIpc) is 1.57. The van der Waals surface area contributed by atoms with E-state index < -0.39 is 7.82 Å². The summed E-state index contributed by atoms with van der Waals surface area (Å²) in [5.74, 6) is 19.8. The lowest BCUT2D eigenvalue weighted by atomic mass is 9.89. The minimum absolute atomic E-state index is 0.0512. The highest BCUT2D eigenvalue weighted by molar-refractivity contribution is 7.46. The number of rotatable bonds is 36. The third-order valence-corrected chi connectivity index (χ3v) is 23.3. The molecule has 0 unspecified atom stereocenters. The van der Waals surface area contributed by atoms with Gasteiger partial charge in [-0.1, -0.05) is 315 Å². The molecule has 0 N–H and O–H groups in total. The Morgan fingerprint density at radius 2 is 0.372 bits per heavy atom. The molecule has 0 amide bonds. The minimum atomic E-state index is -5.41. The maximum absolute atomic E-state index is 15.2. The lowest BCUT2D eigenvalue weighted by Gasteiger charge is -2.23. The number of hydrogen-bond acceptors (Lipinski definition) is 16. The van der Waals surface area contributed by atoms with E-state index in [1.54, 1.807) is 12.1 Å². The molecule has 1 aliphatic rings. The molecule has 1 aliphatic heterocycles. The van der Waals surface area contributed by atoms with Crippen molar-refractivity contribution in [3.8, 4) is 115 Å². The van der Waals surface area contributed by atoms with Crippen LogP contribution in [0.25, 0.3) is 32.7 Å². The van der Waals surface area contributed by atoms with Crippen molar-refractivity contribution in [2.24, 2.45) is 0 Å². The van der Waals surface area contributed by atoms with E-state index in [0.29, 0.717) is 155 Å². The van der Waals surface area contributed by atoms with Gasteiger partial charge in [0.05, 0.1) is 11.1 Å². The van der Waals surface area contributed by atoms with Crippen LogP contribution < -0.4 is 70.8 Å². The summed E-state index contributed by atoms with van der Waals surface area (Å²) in [7, 11) is -5.41. The van der Waals surface area contributed by atoms with E-state index in [-0.39, 0.29) is 49.1 Å². The van der Waals surface area contributed by atoms with Gasteiger partial charge in [-0.3, -0.25) is 0 Å². The first-order valence-electron chi connectivity index (χ1n) is 45.0. The van der Waals surface area contributed by atoms with Crippen LogP contribution in [0.4, 0.5) is 0 Å². The first-order chi connectivity index (χ1) is 67.4. The van der Waals surface area contributed by atoms with Crippen molar-refractivity contribution in [2.75, 3.05) is 0 Å². The fourth-order valence-electron chi connectivity index (χ4n) is 15.8. The fourth-order valence-corrected chi connectivity index (χ4v) is 16.7. The van der Waals surface area contributed by atoms with Crippen molar-refractivity contribution in [3.05, 3.63) is 502 Å². The van der Waals surface area contributed by atoms with E-state index in [9.17, 15) is 0 Å². The second kappa shape index (κ2) is 43.6. The molecule has 0 bridgehead atoms. The molecule has 0 atom stereocenters. The summed E-state index contributed by atoms with van der Waals surface area (Å²) in [6.45, 7) is 2.84. The van der Waals surface area contributed by atoms with Crippen LogP contribution in [-0.2, 0) is 83.8 Å². The van der Waals surface area contributed by atoms with E-state index in [2.05, 4.69) is 23.7 Å². The normalized spacial score (nSPS) is 11.5. The number of fused-ring (bicyclic) bond motifs is 7. The largest absolute Gasteiger partial charge is 0.736 e. The third-order valence-electron chi connectivity index (χ3n) is 22.5. The molecule has 0 fully saturated rings. The predicted octanol–water partition coefficient (Wildman–Crippen LogP) is 26.6. The van der Waals surface area contributed by atoms with Crippen LogP contribution in [0.1, 0.15) is 89.0 Å². The summed E-state index contributed by atoms with van der Waals surface area (Å²) < 4.78 is 107. The van der Waals surface area contributed by atoms with Crippen LogP contribution in [0.5, 0.6) is 80.5 Å². The first kappa shape index (κ1) is 89.2. The lowest BCUT2D eigenvalue weighted by molar-refractivity contribution is -0.208. The second-order valence-electron chi connectivity index (χ2n) is 32.8. The van der Waals surface area contributed by atoms with Crippen LogP contribution >= 0.6 is 7.82 Å². The topological polar surface area (TPSA) is 169 Å². The van der Waals surface area contributed by atoms with Gasteiger partial charge in [-0.25, -0.2) is 4.57 Å². The highest BCUT2D eigenvalue weighted by Gasteiger charge is 2.32. The zero-order chi connectivity index (χ0) is 92.6. The van der Waals surface area contributed by atoms with Crippen LogP contribution in [0.2, 0.25) is 0 Å². The Hall–Kier alpha value is -17.0. The number of benzene rings is 18. The molecule has 18 aromatic rings. The molecule has 0 radical (unpaired) electrons. The van der Waals surface area contributed by atoms with Gasteiger partial charge >= 0.3 is 7.82 Å². The van der Waals surface area contributed by atoms with Crippen molar-refractivity contribution in [1.82, 2.24) is 0 Å². The van der Waals surface area contributed by atoms with Gasteiger partial charge in [0.15, 0.2) is 11.5 Å². The molecule has 17 heteroatoms. The molecule has 19 rings (SSSR count). The SMILES string of the molecule is O=P1([O-])Oc2c(C#Cc3cc(OCc4cc(OCc5ccccc5)cc(OCc5ccccc5)c4)cc(OCc4cc(OCc5ccccc5)cc(OCc5ccccc5)c4)c3)cc3ccccc3c2-c2c(c(C#Cc3cc(OCc4cc(OCc5ccccc5)cc(OCc5ccccc5)c4)cc(OCc4cc(OCc5ccccc5)cc(OCc5ccccc5)c4)c3)cc3ccccc23)O1. The van der Waals surface area contributed by atoms with Gasteiger partial charge in [0, 0.05) is 58.7 Å². The van der Waals surface area contributed by atoms with Crippen molar-refractivity contribution in [3.63, 3.8) is 0 Å². The molecular weight excluding hydrogens is 1730 g/mol.